The quantitative estimate of drug-likeness (QED) is 0.174. The molecule has 2 aromatic carbocycles. The van der Waals surface area contributed by atoms with Gasteiger partial charge in [0.2, 0.25) is 0 Å². The lowest BCUT2D eigenvalue weighted by Crippen LogP contribution is -2.25. The molecule has 0 spiro atoms. The number of ether oxygens (including phenoxy) is 1. The first-order chi connectivity index (χ1) is 21.8. The number of benzene rings is 2. The molecule has 2 aromatic heterocycles. The third-order valence-corrected chi connectivity index (χ3v) is 7.80. The van der Waals surface area contributed by atoms with E-state index in [1.165, 1.54) is 17.3 Å². The maximum absolute atomic E-state index is 14.2. The zero-order chi connectivity index (χ0) is 32.8. The van der Waals surface area contributed by atoms with Crippen molar-refractivity contribution < 1.29 is 35.9 Å². The average molecular weight is 642 g/mol. The molecule has 2 aliphatic rings. The van der Waals surface area contributed by atoms with Crippen molar-refractivity contribution in [2.24, 2.45) is 7.05 Å². The number of aryl methyl sites for hydroxylation is 1. The van der Waals surface area contributed by atoms with E-state index in [0.29, 0.717) is 33.8 Å². The van der Waals surface area contributed by atoms with Crippen molar-refractivity contribution in [1.82, 2.24) is 25.1 Å². The van der Waals surface area contributed by atoms with E-state index in [4.69, 9.17) is 4.98 Å². The van der Waals surface area contributed by atoms with Gasteiger partial charge < -0.3 is 9.88 Å². The monoisotopic (exact) mass is 641 g/mol. The molecule has 1 amide bonds. The van der Waals surface area contributed by atoms with Crippen LogP contribution in [0, 0.1) is 11.3 Å². The maximum Gasteiger partial charge on any atom is 0.522 e. The van der Waals surface area contributed by atoms with E-state index in [2.05, 4.69) is 26.3 Å². The molecule has 0 atom stereocenters. The summed E-state index contributed by atoms with van der Waals surface area (Å²) >= 11 is 0. The third-order valence-electron chi connectivity index (χ3n) is 7.80. The van der Waals surface area contributed by atoms with Crippen molar-refractivity contribution in [1.29, 1.82) is 5.26 Å². The molecule has 0 radical (unpaired) electrons. The van der Waals surface area contributed by atoms with Gasteiger partial charge in [-0.3, -0.25) is 14.4 Å². The average Bonchev–Trinajstić information content (AvgIpc) is 3.69. The highest BCUT2D eigenvalue weighted by Gasteiger charge is 2.41. The van der Waals surface area contributed by atoms with E-state index in [0.717, 1.165) is 18.9 Å². The summed E-state index contributed by atoms with van der Waals surface area (Å²) in [6.07, 6.45) is -6.36. The van der Waals surface area contributed by atoms with Gasteiger partial charge in [-0.05, 0) is 71.5 Å². The predicted molar refractivity (Wildman–Crippen MR) is 152 cm³/mol. The molecular weight excluding hydrogens is 616 g/mol. The maximum atomic E-state index is 14.2. The molecule has 1 aliphatic heterocycles. The summed E-state index contributed by atoms with van der Waals surface area (Å²) in [6, 6.07) is 12.9. The fraction of sp³-hybridized carbons (Fsp3) is 0.323. The Morgan fingerprint density at radius 2 is 1.83 bits per heavy atom. The molecule has 15 heteroatoms. The van der Waals surface area contributed by atoms with Crippen LogP contribution >= 0.6 is 0 Å². The van der Waals surface area contributed by atoms with Gasteiger partial charge in [0.05, 0.1) is 30.3 Å². The normalized spacial score (nSPS) is 14.9. The zero-order valence-electron chi connectivity index (χ0n) is 24.2. The summed E-state index contributed by atoms with van der Waals surface area (Å²) < 4.78 is 84.8. The fourth-order valence-corrected chi connectivity index (χ4v) is 5.48. The van der Waals surface area contributed by atoms with Crippen LogP contribution in [0.4, 0.5) is 32.2 Å². The van der Waals surface area contributed by atoms with Crippen molar-refractivity contribution in [2.45, 2.75) is 44.4 Å². The number of pyridine rings is 1. The zero-order valence-corrected chi connectivity index (χ0v) is 24.2. The first-order valence-corrected chi connectivity index (χ1v) is 14.2. The molecule has 1 saturated carbocycles. The summed E-state index contributed by atoms with van der Waals surface area (Å²) in [4.78, 5) is 19.6. The molecule has 238 valence electrons. The Bertz CT molecular complexity index is 1860. The van der Waals surface area contributed by atoms with Crippen LogP contribution in [-0.2, 0) is 31.1 Å². The van der Waals surface area contributed by atoms with Gasteiger partial charge in [0.1, 0.15) is 12.1 Å². The van der Waals surface area contributed by atoms with Gasteiger partial charge in [0.25, 0.3) is 5.91 Å². The predicted octanol–water partition coefficient (Wildman–Crippen LogP) is 6.10. The number of nitrogens with zero attached hydrogens (tertiary/aromatic N) is 6. The Balaban J connectivity index is 1.36. The summed E-state index contributed by atoms with van der Waals surface area (Å²) in [5, 5.41) is 20.3. The van der Waals surface area contributed by atoms with Gasteiger partial charge >= 0.3 is 12.5 Å². The smallest absolute Gasteiger partial charge is 0.317 e. The lowest BCUT2D eigenvalue weighted by atomic mass is 9.96. The van der Waals surface area contributed by atoms with Gasteiger partial charge in [-0.1, -0.05) is 6.07 Å². The van der Waals surface area contributed by atoms with Crippen LogP contribution in [0.3, 0.4) is 0 Å². The Morgan fingerprint density at radius 1 is 1.04 bits per heavy atom. The number of fused-ring (bicyclic) bond motifs is 1. The summed E-state index contributed by atoms with van der Waals surface area (Å²) in [6.45, 7) is -1.59. The first-order valence-electron chi connectivity index (χ1n) is 14.2. The second-order valence-corrected chi connectivity index (χ2v) is 11.1. The minimum absolute atomic E-state index is 0.0829. The van der Waals surface area contributed by atoms with E-state index >= 15 is 0 Å². The summed E-state index contributed by atoms with van der Waals surface area (Å²) in [5.74, 6) is 0.109. The molecule has 9 nitrogen and oxygen atoms in total. The number of carbonyl (C=O) groups is 1. The molecular formula is C31H25F6N7O2. The minimum Gasteiger partial charge on any atom is -0.317 e. The molecule has 1 N–H and O–H groups in total. The number of hydrogen-bond donors (Lipinski definition) is 1. The van der Waals surface area contributed by atoms with E-state index in [-0.39, 0.29) is 48.1 Å². The SMILES string of the molecule is Cn1cnnc1-c1cc(C#N)ccc1-c1cc(C2CC2)nc(N2Cc3c(cc(CNCCOC(F)(F)F)cc3C(F)(F)F)C2=O)c1. The lowest BCUT2D eigenvalue weighted by Gasteiger charge is -2.19. The number of nitriles is 1. The standard InChI is InChI=1S/C31H25F6N7O2/c1-43-16-40-42-28(43)22-8-17(13-38)2-5-21(22)20-11-26(19-3-4-19)41-27(12-20)44-15-24-23(29(44)45)9-18(10-25(24)30(32,33)34)14-39-6-7-46-31(35,36)37/h2,5,8-12,16,19,39H,3-4,6-7,14-15H2,1H3. The van der Waals surface area contributed by atoms with Gasteiger partial charge in [-0.15, -0.1) is 23.4 Å². The second-order valence-electron chi connectivity index (χ2n) is 11.1. The number of rotatable bonds is 9. The molecule has 0 unspecified atom stereocenters. The van der Waals surface area contributed by atoms with Crippen LogP contribution < -0.4 is 10.2 Å². The van der Waals surface area contributed by atoms with Gasteiger partial charge in [0, 0.05) is 42.9 Å². The molecule has 0 bridgehead atoms. The minimum atomic E-state index is -4.82. The van der Waals surface area contributed by atoms with Gasteiger partial charge in [-0.2, -0.15) is 18.4 Å². The fourth-order valence-electron chi connectivity index (χ4n) is 5.48. The highest BCUT2D eigenvalue weighted by molar-refractivity contribution is 6.10. The molecule has 6 rings (SSSR count). The Labute approximate surface area is 258 Å². The number of alkyl halides is 6. The van der Waals surface area contributed by atoms with Crippen molar-refractivity contribution in [3.8, 4) is 28.6 Å². The number of halogens is 6. The largest absolute Gasteiger partial charge is 0.522 e. The highest BCUT2D eigenvalue weighted by atomic mass is 19.4. The number of nitrogens with one attached hydrogen (secondary N) is 1. The van der Waals surface area contributed by atoms with Crippen LogP contribution in [-0.4, -0.2) is 45.2 Å². The van der Waals surface area contributed by atoms with E-state index in [9.17, 15) is 36.4 Å². The van der Waals surface area contributed by atoms with E-state index in [1.807, 2.05) is 6.07 Å². The lowest BCUT2D eigenvalue weighted by molar-refractivity contribution is -0.323. The van der Waals surface area contributed by atoms with Crippen LogP contribution in [0.15, 0.2) is 48.8 Å². The van der Waals surface area contributed by atoms with Crippen LogP contribution in [0.5, 0.6) is 0 Å². The Morgan fingerprint density at radius 3 is 2.48 bits per heavy atom. The number of anilines is 1. The van der Waals surface area contributed by atoms with Crippen LogP contribution in [0.25, 0.3) is 22.5 Å². The summed E-state index contributed by atoms with van der Waals surface area (Å²) in [7, 11) is 1.75. The molecule has 3 heterocycles. The number of amides is 1. The second kappa shape index (κ2) is 11.8. The highest BCUT2D eigenvalue weighted by Crippen LogP contribution is 2.44. The molecule has 0 saturated heterocycles. The number of hydrogen-bond acceptors (Lipinski definition) is 7. The first kappa shape index (κ1) is 31.2. The third kappa shape index (κ3) is 6.44. The number of carbonyl (C=O) groups excluding carboxylic acids is 1. The van der Waals surface area contributed by atoms with Crippen molar-refractivity contribution >= 4 is 11.7 Å². The van der Waals surface area contributed by atoms with Gasteiger partial charge in [-0.25, -0.2) is 4.98 Å². The Hall–Kier alpha value is -4.81. The van der Waals surface area contributed by atoms with Crippen molar-refractivity contribution in [3.63, 3.8) is 0 Å². The molecule has 4 aromatic rings. The van der Waals surface area contributed by atoms with Crippen LogP contribution in [0.1, 0.15) is 57.1 Å². The van der Waals surface area contributed by atoms with E-state index in [1.54, 1.807) is 35.9 Å². The van der Waals surface area contributed by atoms with Crippen molar-refractivity contribution in [2.75, 3.05) is 18.1 Å². The summed E-state index contributed by atoms with van der Waals surface area (Å²) in [5.41, 5.74) is 1.71. The molecule has 1 fully saturated rings. The molecule has 1 aliphatic carbocycles. The van der Waals surface area contributed by atoms with Crippen LogP contribution in [0.2, 0.25) is 0 Å². The number of aromatic nitrogens is 4. The van der Waals surface area contributed by atoms with E-state index < -0.39 is 30.6 Å². The molecule has 46 heavy (non-hydrogen) atoms. The van der Waals surface area contributed by atoms with Crippen molar-refractivity contribution in [3.05, 3.63) is 82.3 Å². The Kier molecular flexibility index (Phi) is 8.03. The van der Waals surface area contributed by atoms with Gasteiger partial charge in [0.15, 0.2) is 5.82 Å². The topological polar surface area (TPSA) is 109 Å².